The first-order valence-electron chi connectivity index (χ1n) is 11.1. The minimum Gasteiger partial charge on any atom is -0.485 e. The number of carbonyl (C=O) groups excluding carboxylic acids is 2. The van der Waals surface area contributed by atoms with Crippen molar-refractivity contribution < 1.29 is 14.3 Å². The molecule has 5 nitrogen and oxygen atoms in total. The van der Waals surface area contributed by atoms with Crippen LogP contribution in [0.15, 0.2) is 96.2 Å². The molecule has 0 radical (unpaired) electrons. The van der Waals surface area contributed by atoms with Gasteiger partial charge in [-0.05, 0) is 67.0 Å². The smallest absolute Gasteiger partial charge is 0.267 e. The highest BCUT2D eigenvalue weighted by Crippen LogP contribution is 2.30. The molecular weight excluding hydrogens is 448 g/mol. The monoisotopic (exact) mass is 472 g/mol. The zero-order chi connectivity index (χ0) is 23.9. The number of hydrogen-bond donors (Lipinski definition) is 2. The summed E-state index contributed by atoms with van der Waals surface area (Å²) in [6, 6.07) is 24.1. The summed E-state index contributed by atoms with van der Waals surface area (Å²) in [6.45, 7) is 2.34. The van der Waals surface area contributed by atoms with Crippen LogP contribution in [0.1, 0.15) is 28.4 Å². The molecule has 1 aliphatic rings. The number of carbonyl (C=O) groups is 2. The lowest BCUT2D eigenvalue weighted by molar-refractivity contribution is -0.117. The van der Waals surface area contributed by atoms with Crippen LogP contribution in [0, 0.1) is 0 Å². The second kappa shape index (κ2) is 10.9. The molecule has 0 saturated carbocycles. The van der Waals surface area contributed by atoms with Crippen molar-refractivity contribution in [2.75, 3.05) is 6.54 Å². The fourth-order valence-corrected chi connectivity index (χ4v) is 3.73. The quantitative estimate of drug-likeness (QED) is 0.466. The van der Waals surface area contributed by atoms with Crippen molar-refractivity contribution in [3.05, 3.63) is 118 Å². The number of fused-ring (bicyclic) bond motifs is 1. The predicted molar refractivity (Wildman–Crippen MR) is 135 cm³/mol. The standard InChI is InChI=1S/C28H25ClN2O3/c1-19-23(17-22-9-5-6-10-26(22)34-19)18-25(31-27(32)21-11-13-24(29)14-12-21)28(33)30-16-15-20-7-3-2-4-8-20/h2-14,17-19H,15-16H2,1H3,(H,30,33)(H,31,32)/b25-18-/t19-/m0/s1. The van der Waals surface area contributed by atoms with Crippen LogP contribution in [0.5, 0.6) is 5.75 Å². The summed E-state index contributed by atoms with van der Waals surface area (Å²) in [4.78, 5) is 26.0. The van der Waals surface area contributed by atoms with Gasteiger partial charge in [0.15, 0.2) is 0 Å². The van der Waals surface area contributed by atoms with E-state index in [4.69, 9.17) is 16.3 Å². The van der Waals surface area contributed by atoms with E-state index >= 15 is 0 Å². The summed E-state index contributed by atoms with van der Waals surface area (Å²) in [5.41, 5.74) is 3.36. The summed E-state index contributed by atoms with van der Waals surface area (Å²) < 4.78 is 5.99. The minimum absolute atomic E-state index is 0.147. The van der Waals surface area contributed by atoms with Crippen LogP contribution in [0.25, 0.3) is 6.08 Å². The maximum atomic E-state index is 13.1. The zero-order valence-electron chi connectivity index (χ0n) is 18.8. The number of nitrogens with one attached hydrogen (secondary N) is 2. The number of halogens is 1. The van der Waals surface area contributed by atoms with Crippen molar-refractivity contribution >= 4 is 29.5 Å². The van der Waals surface area contributed by atoms with Crippen LogP contribution in [0.3, 0.4) is 0 Å². The second-order valence-corrected chi connectivity index (χ2v) is 8.39. The van der Waals surface area contributed by atoms with E-state index in [1.807, 2.05) is 67.6 Å². The van der Waals surface area contributed by atoms with Gasteiger partial charge >= 0.3 is 0 Å². The Balaban J connectivity index is 1.56. The summed E-state index contributed by atoms with van der Waals surface area (Å²) in [5.74, 6) is 0.0166. The van der Waals surface area contributed by atoms with Crippen molar-refractivity contribution in [1.29, 1.82) is 0 Å². The molecule has 0 saturated heterocycles. The molecule has 0 bridgehead atoms. The van der Waals surface area contributed by atoms with Crippen LogP contribution >= 0.6 is 11.6 Å². The molecule has 0 spiro atoms. The fraction of sp³-hybridized carbons (Fsp3) is 0.143. The van der Waals surface area contributed by atoms with Crippen molar-refractivity contribution in [3.63, 3.8) is 0 Å². The Kier molecular flexibility index (Phi) is 7.45. The number of hydrogen-bond acceptors (Lipinski definition) is 3. The molecule has 0 aromatic heterocycles. The Morgan fingerprint density at radius 2 is 1.68 bits per heavy atom. The van der Waals surface area contributed by atoms with Gasteiger partial charge in [0.25, 0.3) is 11.8 Å². The minimum atomic E-state index is -0.397. The first-order valence-corrected chi connectivity index (χ1v) is 11.5. The molecule has 0 aliphatic carbocycles. The lowest BCUT2D eigenvalue weighted by Gasteiger charge is -2.23. The van der Waals surface area contributed by atoms with Gasteiger partial charge < -0.3 is 15.4 Å². The Morgan fingerprint density at radius 1 is 0.971 bits per heavy atom. The van der Waals surface area contributed by atoms with E-state index in [0.717, 1.165) is 22.4 Å². The predicted octanol–water partition coefficient (Wildman–Crippen LogP) is 5.18. The Labute approximate surface area is 204 Å². The highest BCUT2D eigenvalue weighted by Gasteiger charge is 2.21. The Morgan fingerprint density at radius 3 is 2.44 bits per heavy atom. The van der Waals surface area contributed by atoms with E-state index in [9.17, 15) is 9.59 Å². The van der Waals surface area contributed by atoms with E-state index in [1.165, 1.54) is 0 Å². The summed E-state index contributed by atoms with van der Waals surface area (Å²) in [6.07, 6.45) is 4.04. The van der Waals surface area contributed by atoms with Gasteiger partial charge in [-0.1, -0.05) is 60.1 Å². The van der Waals surface area contributed by atoms with Crippen LogP contribution in [-0.2, 0) is 11.2 Å². The van der Waals surface area contributed by atoms with Crippen molar-refractivity contribution in [2.24, 2.45) is 0 Å². The van der Waals surface area contributed by atoms with Gasteiger partial charge in [0.05, 0.1) is 0 Å². The molecule has 0 fully saturated rings. The van der Waals surface area contributed by atoms with Crippen molar-refractivity contribution in [1.82, 2.24) is 10.6 Å². The molecular formula is C28H25ClN2O3. The fourth-order valence-electron chi connectivity index (χ4n) is 3.60. The molecule has 1 atom stereocenters. The highest BCUT2D eigenvalue weighted by molar-refractivity contribution is 6.30. The van der Waals surface area contributed by atoms with Crippen molar-refractivity contribution in [3.8, 4) is 5.75 Å². The Hall–Kier alpha value is -3.83. The SMILES string of the molecule is C[C@@H]1Oc2ccccc2C=C1/C=C(\NC(=O)c1ccc(Cl)cc1)C(=O)NCCc1ccccc1. The molecule has 3 aromatic rings. The van der Waals surface area contributed by atoms with Gasteiger partial charge in [-0.15, -0.1) is 0 Å². The number of ether oxygens (including phenoxy) is 1. The van der Waals surface area contributed by atoms with E-state index in [-0.39, 0.29) is 17.7 Å². The van der Waals surface area contributed by atoms with E-state index in [1.54, 1.807) is 30.3 Å². The largest absolute Gasteiger partial charge is 0.485 e. The first-order chi connectivity index (χ1) is 16.5. The average Bonchev–Trinajstić information content (AvgIpc) is 2.85. The third kappa shape index (κ3) is 5.94. The maximum Gasteiger partial charge on any atom is 0.267 e. The topological polar surface area (TPSA) is 67.4 Å². The molecule has 172 valence electrons. The summed E-state index contributed by atoms with van der Waals surface area (Å²) in [7, 11) is 0. The first kappa shape index (κ1) is 23.3. The highest BCUT2D eigenvalue weighted by atomic mass is 35.5. The molecule has 4 rings (SSSR count). The summed E-state index contributed by atoms with van der Waals surface area (Å²) >= 11 is 5.94. The molecule has 3 aromatic carbocycles. The van der Waals surface area contributed by atoms with Gasteiger partial charge in [0, 0.05) is 22.7 Å². The number of rotatable bonds is 7. The van der Waals surface area contributed by atoms with Gasteiger partial charge in [-0.2, -0.15) is 0 Å². The molecule has 34 heavy (non-hydrogen) atoms. The van der Waals surface area contributed by atoms with Gasteiger partial charge in [-0.3, -0.25) is 9.59 Å². The van der Waals surface area contributed by atoms with Gasteiger partial charge in [0.2, 0.25) is 0 Å². The third-order valence-corrected chi connectivity index (χ3v) is 5.72. The molecule has 2 amide bonds. The molecule has 6 heteroatoms. The maximum absolute atomic E-state index is 13.1. The normalized spacial score (nSPS) is 14.9. The molecule has 0 unspecified atom stereocenters. The summed E-state index contributed by atoms with van der Waals surface area (Å²) in [5, 5.41) is 6.20. The molecule has 1 aliphatic heterocycles. The second-order valence-electron chi connectivity index (χ2n) is 7.95. The molecule has 2 N–H and O–H groups in total. The number of benzene rings is 3. The van der Waals surface area contributed by atoms with Crippen LogP contribution in [0.2, 0.25) is 5.02 Å². The van der Waals surface area contributed by atoms with Crippen LogP contribution in [-0.4, -0.2) is 24.5 Å². The van der Waals surface area contributed by atoms with Gasteiger partial charge in [0.1, 0.15) is 17.6 Å². The zero-order valence-corrected chi connectivity index (χ0v) is 19.5. The molecule has 1 heterocycles. The van der Waals surface area contributed by atoms with Crippen LogP contribution < -0.4 is 15.4 Å². The van der Waals surface area contributed by atoms with E-state index in [2.05, 4.69) is 10.6 Å². The lowest BCUT2D eigenvalue weighted by Crippen LogP contribution is -2.36. The third-order valence-electron chi connectivity index (χ3n) is 5.47. The van der Waals surface area contributed by atoms with Gasteiger partial charge in [-0.25, -0.2) is 0 Å². The average molecular weight is 473 g/mol. The van der Waals surface area contributed by atoms with E-state index < -0.39 is 5.91 Å². The number of para-hydroxylation sites is 1. The van der Waals surface area contributed by atoms with Crippen LogP contribution in [0.4, 0.5) is 0 Å². The van der Waals surface area contributed by atoms with Crippen molar-refractivity contribution in [2.45, 2.75) is 19.4 Å². The lowest BCUT2D eigenvalue weighted by atomic mass is 10.0. The number of amides is 2. The van der Waals surface area contributed by atoms with E-state index in [0.29, 0.717) is 23.6 Å². The Bertz CT molecular complexity index is 1230.